The predicted octanol–water partition coefficient (Wildman–Crippen LogP) is 4.31. The van der Waals surface area contributed by atoms with Crippen molar-refractivity contribution in [1.29, 1.82) is 0 Å². The van der Waals surface area contributed by atoms with Crippen LogP contribution in [-0.2, 0) is 0 Å². The molecule has 1 rings (SSSR count). The number of nitro groups is 1. The highest BCUT2D eigenvalue weighted by Crippen LogP contribution is 2.31. The number of nitro benzene ring substituents is 1. The van der Waals surface area contributed by atoms with Crippen LogP contribution in [0.1, 0.15) is 33.6 Å². The van der Waals surface area contributed by atoms with Gasteiger partial charge in [-0.25, -0.2) is 0 Å². The summed E-state index contributed by atoms with van der Waals surface area (Å²) >= 11 is 1.68. The van der Waals surface area contributed by atoms with Crippen molar-refractivity contribution in [2.75, 3.05) is 11.9 Å². The SMILES string of the molecule is CCCNc1cc(SC(C)CC)cc([N+](=O)[O-])c1. The summed E-state index contributed by atoms with van der Waals surface area (Å²) in [6.07, 6.45) is 2.04. The molecule has 1 N–H and O–H groups in total. The summed E-state index contributed by atoms with van der Waals surface area (Å²) in [5.74, 6) is 0. The Morgan fingerprint density at radius 2 is 2.11 bits per heavy atom. The van der Waals surface area contributed by atoms with Crippen molar-refractivity contribution in [3.05, 3.63) is 28.3 Å². The van der Waals surface area contributed by atoms with E-state index < -0.39 is 0 Å². The molecule has 0 heterocycles. The number of anilines is 1. The van der Waals surface area contributed by atoms with Gasteiger partial charge in [0.25, 0.3) is 5.69 Å². The summed E-state index contributed by atoms with van der Waals surface area (Å²) in [5.41, 5.74) is 0.985. The summed E-state index contributed by atoms with van der Waals surface area (Å²) in [5, 5.41) is 14.6. The molecule has 1 aromatic carbocycles. The van der Waals surface area contributed by atoms with Crippen LogP contribution in [0.4, 0.5) is 11.4 Å². The van der Waals surface area contributed by atoms with Crippen LogP contribution < -0.4 is 5.32 Å². The molecular formula is C13H20N2O2S. The fourth-order valence-corrected chi connectivity index (χ4v) is 2.46. The lowest BCUT2D eigenvalue weighted by atomic mass is 10.2. The number of hydrogen-bond donors (Lipinski definition) is 1. The third-order valence-electron chi connectivity index (χ3n) is 2.59. The Balaban J connectivity index is 2.94. The van der Waals surface area contributed by atoms with Crippen molar-refractivity contribution >= 4 is 23.1 Å². The number of nitrogens with one attached hydrogen (secondary N) is 1. The van der Waals surface area contributed by atoms with E-state index in [1.165, 1.54) is 0 Å². The summed E-state index contributed by atoms with van der Waals surface area (Å²) in [6.45, 7) is 7.14. The third-order valence-corrected chi connectivity index (χ3v) is 3.84. The standard InChI is InChI=1S/C13H20N2O2S/c1-4-6-14-11-7-12(15(16)17)9-13(8-11)18-10(3)5-2/h7-10,14H,4-6H2,1-3H3. The van der Waals surface area contributed by atoms with E-state index in [0.29, 0.717) is 5.25 Å². The molecule has 1 atom stereocenters. The molecule has 0 aromatic heterocycles. The highest BCUT2D eigenvalue weighted by Gasteiger charge is 2.11. The molecule has 0 bridgehead atoms. The fraction of sp³-hybridized carbons (Fsp3) is 0.538. The first-order valence-corrected chi connectivity index (χ1v) is 7.14. The van der Waals surface area contributed by atoms with Crippen molar-refractivity contribution in [1.82, 2.24) is 0 Å². The van der Waals surface area contributed by atoms with Gasteiger partial charge in [-0.15, -0.1) is 11.8 Å². The van der Waals surface area contributed by atoms with Gasteiger partial charge >= 0.3 is 0 Å². The monoisotopic (exact) mass is 268 g/mol. The van der Waals surface area contributed by atoms with Crippen molar-refractivity contribution in [3.63, 3.8) is 0 Å². The second-order valence-electron chi connectivity index (χ2n) is 4.24. The second kappa shape index (κ2) is 7.26. The van der Waals surface area contributed by atoms with Crippen molar-refractivity contribution in [2.24, 2.45) is 0 Å². The van der Waals surface area contributed by atoms with Crippen LogP contribution in [0.3, 0.4) is 0 Å². The molecule has 0 aliphatic heterocycles. The molecule has 0 aliphatic carbocycles. The molecule has 4 nitrogen and oxygen atoms in total. The van der Waals surface area contributed by atoms with Gasteiger partial charge in [0.1, 0.15) is 0 Å². The molecule has 1 aromatic rings. The lowest BCUT2D eigenvalue weighted by Crippen LogP contribution is -2.01. The number of non-ortho nitro benzene ring substituents is 1. The number of nitrogens with zero attached hydrogens (tertiary/aromatic N) is 1. The Morgan fingerprint density at radius 3 is 2.67 bits per heavy atom. The second-order valence-corrected chi connectivity index (χ2v) is 5.75. The van der Waals surface area contributed by atoms with Crippen LogP contribution in [0.5, 0.6) is 0 Å². The van der Waals surface area contributed by atoms with E-state index in [2.05, 4.69) is 26.1 Å². The van der Waals surface area contributed by atoms with Gasteiger partial charge in [-0.05, 0) is 18.9 Å². The molecule has 100 valence electrons. The minimum Gasteiger partial charge on any atom is -0.385 e. The van der Waals surface area contributed by atoms with Crippen LogP contribution in [0.25, 0.3) is 0 Å². The van der Waals surface area contributed by atoms with Gasteiger partial charge in [-0.2, -0.15) is 0 Å². The van der Waals surface area contributed by atoms with Gasteiger partial charge in [0.2, 0.25) is 0 Å². The van der Waals surface area contributed by atoms with Crippen LogP contribution in [0.2, 0.25) is 0 Å². The van der Waals surface area contributed by atoms with Crippen molar-refractivity contribution < 1.29 is 4.92 Å². The number of thioether (sulfide) groups is 1. The number of benzene rings is 1. The highest BCUT2D eigenvalue weighted by atomic mass is 32.2. The lowest BCUT2D eigenvalue weighted by molar-refractivity contribution is -0.385. The Labute approximate surface area is 112 Å². The Bertz CT molecular complexity index is 410. The van der Waals surface area contributed by atoms with Crippen LogP contribution in [0, 0.1) is 10.1 Å². The van der Waals surface area contributed by atoms with E-state index in [4.69, 9.17) is 0 Å². The minimum atomic E-state index is -0.336. The maximum absolute atomic E-state index is 10.9. The normalized spacial score (nSPS) is 12.2. The van der Waals surface area contributed by atoms with Gasteiger partial charge in [0.05, 0.1) is 4.92 Å². The molecule has 0 fully saturated rings. The number of hydrogen-bond acceptors (Lipinski definition) is 4. The first-order valence-electron chi connectivity index (χ1n) is 6.26. The Kier molecular flexibility index (Phi) is 5.98. The van der Waals surface area contributed by atoms with Crippen LogP contribution in [-0.4, -0.2) is 16.7 Å². The summed E-state index contributed by atoms with van der Waals surface area (Å²) < 4.78 is 0. The zero-order valence-corrected chi connectivity index (χ0v) is 11.9. The average molecular weight is 268 g/mol. The number of rotatable bonds is 7. The van der Waals surface area contributed by atoms with E-state index in [9.17, 15) is 10.1 Å². The summed E-state index contributed by atoms with van der Waals surface area (Å²) in [7, 11) is 0. The molecule has 0 radical (unpaired) electrons. The zero-order chi connectivity index (χ0) is 13.5. The van der Waals surface area contributed by atoms with Crippen molar-refractivity contribution in [2.45, 2.75) is 43.8 Å². The smallest absolute Gasteiger partial charge is 0.272 e. The van der Waals surface area contributed by atoms with Crippen LogP contribution >= 0.6 is 11.8 Å². The minimum absolute atomic E-state index is 0.155. The quantitative estimate of drug-likeness (QED) is 0.455. The first-order chi connectivity index (χ1) is 8.56. The van der Waals surface area contributed by atoms with Gasteiger partial charge < -0.3 is 5.32 Å². The van der Waals surface area contributed by atoms with E-state index in [1.54, 1.807) is 23.9 Å². The maximum Gasteiger partial charge on any atom is 0.272 e. The predicted molar refractivity (Wildman–Crippen MR) is 77.5 cm³/mol. The molecule has 0 spiro atoms. The average Bonchev–Trinajstić information content (AvgIpc) is 2.35. The third kappa shape index (κ3) is 4.56. The highest BCUT2D eigenvalue weighted by molar-refractivity contribution is 8.00. The van der Waals surface area contributed by atoms with Crippen LogP contribution in [0.15, 0.2) is 23.1 Å². The van der Waals surface area contributed by atoms with Gasteiger partial charge in [-0.3, -0.25) is 10.1 Å². The molecule has 5 heteroatoms. The molecule has 1 unspecified atom stereocenters. The molecule has 0 amide bonds. The molecule has 0 saturated carbocycles. The summed E-state index contributed by atoms with van der Waals surface area (Å²) in [4.78, 5) is 11.5. The lowest BCUT2D eigenvalue weighted by Gasteiger charge is -2.11. The molecule has 0 aliphatic rings. The Morgan fingerprint density at radius 1 is 1.39 bits per heavy atom. The topological polar surface area (TPSA) is 55.2 Å². The van der Waals surface area contributed by atoms with Gasteiger partial charge in [0.15, 0.2) is 0 Å². The van der Waals surface area contributed by atoms with E-state index in [-0.39, 0.29) is 10.6 Å². The molecular weight excluding hydrogens is 248 g/mol. The fourth-order valence-electron chi connectivity index (χ4n) is 1.44. The largest absolute Gasteiger partial charge is 0.385 e. The van der Waals surface area contributed by atoms with Crippen molar-refractivity contribution in [3.8, 4) is 0 Å². The summed E-state index contributed by atoms with van der Waals surface area (Å²) in [6, 6.07) is 5.23. The molecule has 18 heavy (non-hydrogen) atoms. The van der Waals surface area contributed by atoms with E-state index in [0.717, 1.165) is 30.0 Å². The van der Waals surface area contributed by atoms with E-state index >= 15 is 0 Å². The molecule has 0 saturated heterocycles. The Hall–Kier alpha value is -1.23. The maximum atomic E-state index is 10.9. The van der Waals surface area contributed by atoms with Gasteiger partial charge in [0, 0.05) is 34.5 Å². The van der Waals surface area contributed by atoms with E-state index in [1.807, 2.05) is 6.07 Å². The zero-order valence-electron chi connectivity index (χ0n) is 11.1. The first kappa shape index (κ1) is 14.8. The van der Waals surface area contributed by atoms with Gasteiger partial charge in [-0.1, -0.05) is 20.8 Å².